The van der Waals surface area contributed by atoms with E-state index in [2.05, 4.69) is 5.32 Å². The number of hydrogen-bond acceptors (Lipinski definition) is 11. The minimum absolute atomic E-state index is 0.0536. The molecule has 0 spiro atoms. The van der Waals surface area contributed by atoms with Gasteiger partial charge in [-0.05, 0) is 19.9 Å². The van der Waals surface area contributed by atoms with Gasteiger partial charge in [-0.2, -0.15) is 0 Å². The fraction of sp³-hybridized carbons (Fsp3) is 0.429. The average Bonchev–Trinajstić information content (AvgIpc) is 2.91. The highest BCUT2D eigenvalue weighted by Gasteiger charge is 2.49. The lowest BCUT2D eigenvalue weighted by molar-refractivity contribution is -0.249. The van der Waals surface area contributed by atoms with Crippen molar-refractivity contribution in [2.75, 3.05) is 7.11 Å². The Kier molecular flexibility index (Phi) is 7.02. The van der Waals surface area contributed by atoms with Crippen LogP contribution in [0.1, 0.15) is 75.8 Å². The number of aromatic hydroxyl groups is 2. The Balaban J connectivity index is 1.64. The number of benzene rings is 2. The van der Waals surface area contributed by atoms with Crippen LogP contribution >= 0.6 is 0 Å². The first-order chi connectivity index (χ1) is 19.3. The van der Waals surface area contributed by atoms with Crippen molar-refractivity contribution in [2.45, 2.75) is 69.4 Å². The van der Waals surface area contributed by atoms with E-state index in [0.717, 1.165) is 6.92 Å². The number of fused-ring (bicyclic) bond motifs is 3. The van der Waals surface area contributed by atoms with Gasteiger partial charge in [0, 0.05) is 36.0 Å². The second kappa shape index (κ2) is 10.1. The minimum Gasteiger partial charge on any atom is -0.507 e. The molecule has 1 saturated heterocycles. The van der Waals surface area contributed by atoms with Gasteiger partial charge >= 0.3 is 6.09 Å². The Labute approximate surface area is 233 Å². The smallest absolute Gasteiger partial charge is 0.404 e. The second-order valence-electron chi connectivity index (χ2n) is 10.5. The number of carbonyl (C=O) groups excluding carboxylic acids is 3. The van der Waals surface area contributed by atoms with Gasteiger partial charge in [0.2, 0.25) is 5.78 Å². The molecule has 218 valence electrons. The number of methoxy groups -OCH3 is 1. The lowest BCUT2D eigenvalue weighted by Gasteiger charge is -2.42. The number of carboxylic acid groups (broad SMARTS) is 1. The molecular formula is C28H29NO12. The van der Waals surface area contributed by atoms with E-state index in [9.17, 15) is 39.6 Å². The molecule has 0 saturated carbocycles. The normalized spacial score (nSPS) is 28.8. The summed E-state index contributed by atoms with van der Waals surface area (Å²) in [4.78, 5) is 51.0. The number of aliphatic hydroxyl groups excluding tert-OH is 1. The SMILES string of the molecule is COc1cccc2c1C(=O)c1c(O)c3c(c(O)c1C2=O)C[C@@](O)(C(C)=O)C[C@@H]3O[C@H]1C[C@H](NC(=O)O)[C@@H](O)[C@H](C)O1. The van der Waals surface area contributed by atoms with Gasteiger partial charge in [-0.1, -0.05) is 12.1 Å². The zero-order chi connectivity index (χ0) is 30.0. The second-order valence-corrected chi connectivity index (χ2v) is 10.5. The Morgan fingerprint density at radius 2 is 1.78 bits per heavy atom. The van der Waals surface area contributed by atoms with Gasteiger partial charge in [0.25, 0.3) is 0 Å². The van der Waals surface area contributed by atoms with Gasteiger partial charge in [0.05, 0.1) is 42.0 Å². The van der Waals surface area contributed by atoms with E-state index in [4.69, 9.17) is 19.3 Å². The van der Waals surface area contributed by atoms with Gasteiger partial charge in [-0.15, -0.1) is 0 Å². The third kappa shape index (κ3) is 4.50. The Hall–Kier alpha value is -4.04. The summed E-state index contributed by atoms with van der Waals surface area (Å²) in [6.45, 7) is 2.63. The number of phenolic OH excluding ortho intramolecular Hbond substituents is 2. The number of nitrogens with one attached hydrogen (secondary N) is 1. The maximum absolute atomic E-state index is 13.7. The average molecular weight is 572 g/mol. The fourth-order valence-corrected chi connectivity index (χ4v) is 5.93. The summed E-state index contributed by atoms with van der Waals surface area (Å²) >= 11 is 0. The standard InChI is InChI=1S/C28H29NO12/c1-10-22(31)14(29-27(36)37)7-17(40-10)41-16-9-28(38,11(2)30)8-13-19(16)26(35)21-20(24(13)33)23(32)12-5-4-6-15(39-3)18(12)25(21)34/h4-6,10,14,16-17,22,29,31,33,35,38H,7-9H2,1-3H3,(H,36,37)/t10-,14-,16-,17-,22-,28-/m0/s1. The van der Waals surface area contributed by atoms with Crippen LogP contribution in [0.25, 0.3) is 0 Å². The first-order valence-electron chi connectivity index (χ1n) is 12.9. The van der Waals surface area contributed by atoms with E-state index >= 15 is 0 Å². The zero-order valence-corrected chi connectivity index (χ0v) is 22.3. The third-order valence-corrected chi connectivity index (χ3v) is 8.06. The monoisotopic (exact) mass is 571 g/mol. The highest BCUT2D eigenvalue weighted by molar-refractivity contribution is 6.31. The van der Waals surface area contributed by atoms with Crippen LogP contribution in [0.4, 0.5) is 4.79 Å². The molecule has 0 unspecified atom stereocenters. The van der Waals surface area contributed by atoms with Gasteiger partial charge in [-0.3, -0.25) is 14.4 Å². The lowest BCUT2D eigenvalue weighted by atomic mass is 9.72. The van der Waals surface area contributed by atoms with Crippen molar-refractivity contribution >= 4 is 23.4 Å². The van der Waals surface area contributed by atoms with Gasteiger partial charge in [0.1, 0.15) is 29.0 Å². The van der Waals surface area contributed by atoms with E-state index in [1.807, 2.05) is 0 Å². The number of amides is 1. The molecule has 3 aliphatic rings. The van der Waals surface area contributed by atoms with Gasteiger partial charge in [-0.25, -0.2) is 4.79 Å². The van der Waals surface area contributed by atoms with Crippen LogP contribution in [-0.2, 0) is 20.7 Å². The Morgan fingerprint density at radius 1 is 1.10 bits per heavy atom. The maximum atomic E-state index is 13.7. The maximum Gasteiger partial charge on any atom is 0.404 e. The number of rotatable bonds is 5. The van der Waals surface area contributed by atoms with E-state index in [1.54, 1.807) is 0 Å². The molecule has 13 nitrogen and oxygen atoms in total. The number of carbonyl (C=O) groups is 4. The largest absolute Gasteiger partial charge is 0.507 e. The first kappa shape index (κ1) is 28.5. The molecule has 0 aromatic heterocycles. The summed E-state index contributed by atoms with van der Waals surface area (Å²) in [7, 11) is 1.31. The van der Waals surface area contributed by atoms with Crippen molar-refractivity contribution in [2.24, 2.45) is 0 Å². The molecule has 5 rings (SSSR count). The van der Waals surface area contributed by atoms with Crippen LogP contribution in [0.3, 0.4) is 0 Å². The molecule has 2 aliphatic carbocycles. The number of phenols is 2. The van der Waals surface area contributed by atoms with Crippen molar-refractivity contribution in [3.63, 3.8) is 0 Å². The Morgan fingerprint density at radius 3 is 2.41 bits per heavy atom. The summed E-state index contributed by atoms with van der Waals surface area (Å²) in [5.41, 5.74) is -3.49. The summed E-state index contributed by atoms with van der Waals surface area (Å²) in [5, 5.41) is 55.9. The molecule has 13 heteroatoms. The quantitative estimate of drug-likeness (QED) is 0.240. The van der Waals surface area contributed by atoms with Crippen LogP contribution in [0.15, 0.2) is 18.2 Å². The molecule has 0 bridgehead atoms. The number of hydrogen-bond donors (Lipinski definition) is 6. The van der Waals surface area contributed by atoms with E-state index < -0.39 is 95.2 Å². The summed E-state index contributed by atoms with van der Waals surface area (Å²) in [6.07, 6.45) is -7.13. The van der Waals surface area contributed by atoms with Crippen LogP contribution in [0.5, 0.6) is 17.2 Å². The van der Waals surface area contributed by atoms with Crippen molar-refractivity contribution < 1.29 is 58.9 Å². The third-order valence-electron chi connectivity index (χ3n) is 8.06. The highest BCUT2D eigenvalue weighted by atomic mass is 16.7. The molecule has 41 heavy (non-hydrogen) atoms. The summed E-state index contributed by atoms with van der Waals surface area (Å²) in [5.74, 6) is -3.51. The molecule has 6 atom stereocenters. The molecular weight excluding hydrogens is 542 g/mol. The van der Waals surface area contributed by atoms with Crippen LogP contribution in [0.2, 0.25) is 0 Å². The molecule has 1 aliphatic heterocycles. The number of aliphatic hydroxyl groups is 2. The van der Waals surface area contributed by atoms with Gasteiger partial charge in [0.15, 0.2) is 17.9 Å². The molecule has 1 heterocycles. The number of Topliss-reactive ketones (excluding diaryl/α,β-unsaturated/α-hetero) is 1. The molecule has 1 amide bonds. The van der Waals surface area contributed by atoms with E-state index in [1.165, 1.54) is 32.2 Å². The van der Waals surface area contributed by atoms with Gasteiger partial charge < -0.3 is 45.1 Å². The van der Waals surface area contributed by atoms with Crippen LogP contribution < -0.4 is 10.1 Å². The van der Waals surface area contributed by atoms with Crippen molar-refractivity contribution in [1.82, 2.24) is 5.32 Å². The first-order valence-corrected chi connectivity index (χ1v) is 12.9. The number of ketones is 3. The zero-order valence-electron chi connectivity index (χ0n) is 22.3. The van der Waals surface area contributed by atoms with Crippen LogP contribution in [0, 0.1) is 0 Å². The molecule has 2 aromatic rings. The van der Waals surface area contributed by atoms with Crippen molar-refractivity contribution in [3.8, 4) is 17.2 Å². The minimum atomic E-state index is -2.09. The molecule has 0 radical (unpaired) electrons. The molecule has 2 aromatic carbocycles. The van der Waals surface area contributed by atoms with E-state index in [-0.39, 0.29) is 34.4 Å². The lowest BCUT2D eigenvalue weighted by Crippen LogP contribution is -2.55. The molecule has 6 N–H and O–H groups in total. The predicted octanol–water partition coefficient (Wildman–Crippen LogP) is 1.34. The van der Waals surface area contributed by atoms with Crippen LogP contribution in [-0.4, -0.2) is 86.2 Å². The fourth-order valence-electron chi connectivity index (χ4n) is 5.93. The molecule has 1 fully saturated rings. The van der Waals surface area contributed by atoms with Crippen molar-refractivity contribution in [3.05, 3.63) is 51.6 Å². The summed E-state index contributed by atoms with van der Waals surface area (Å²) < 4.78 is 17.0. The predicted molar refractivity (Wildman–Crippen MR) is 137 cm³/mol. The number of ether oxygens (including phenoxy) is 3. The highest BCUT2D eigenvalue weighted by Crippen LogP contribution is 2.52. The Bertz CT molecular complexity index is 1490. The van der Waals surface area contributed by atoms with E-state index in [0.29, 0.717) is 0 Å². The summed E-state index contributed by atoms with van der Waals surface area (Å²) in [6, 6.07) is 3.35. The topological polar surface area (TPSA) is 209 Å². The van der Waals surface area contributed by atoms with Crippen molar-refractivity contribution in [1.29, 1.82) is 0 Å².